The van der Waals surface area contributed by atoms with Crippen LogP contribution in [0.1, 0.15) is 37.9 Å². The molecule has 0 fully saturated rings. The summed E-state index contributed by atoms with van der Waals surface area (Å²) in [6.07, 6.45) is 3.37. The monoisotopic (exact) mass is 594 g/mol. The van der Waals surface area contributed by atoms with Gasteiger partial charge in [-0.1, -0.05) is 30.1 Å². The Morgan fingerprint density at radius 3 is 2.31 bits per heavy atom. The zero-order chi connectivity index (χ0) is 30.4. The van der Waals surface area contributed by atoms with Crippen LogP contribution in [0.3, 0.4) is 0 Å². The lowest BCUT2D eigenvalue weighted by molar-refractivity contribution is -0.139. The van der Waals surface area contributed by atoms with Crippen molar-refractivity contribution in [3.63, 3.8) is 0 Å². The third kappa shape index (κ3) is 5.91. The minimum atomic E-state index is -0.810. The summed E-state index contributed by atoms with van der Waals surface area (Å²) in [7, 11) is 4.58. The summed E-state index contributed by atoms with van der Waals surface area (Å²) in [6, 6.07) is 8.04. The molecular formula is C31H34N2O8S. The maximum atomic E-state index is 14.0. The molecule has 0 aliphatic carbocycles. The number of hydrogen-bond acceptors (Lipinski definition) is 10. The van der Waals surface area contributed by atoms with Crippen molar-refractivity contribution < 1.29 is 33.2 Å². The molecule has 1 aliphatic heterocycles. The van der Waals surface area contributed by atoms with E-state index in [4.69, 9.17) is 28.4 Å². The van der Waals surface area contributed by atoms with Crippen molar-refractivity contribution in [1.82, 2.24) is 4.57 Å². The van der Waals surface area contributed by atoms with E-state index < -0.39 is 12.0 Å². The number of ether oxygens (including phenoxy) is 6. The van der Waals surface area contributed by atoms with E-state index >= 15 is 0 Å². The van der Waals surface area contributed by atoms with Gasteiger partial charge in [0.05, 0.1) is 56.4 Å². The first kappa shape index (κ1) is 30.4. The van der Waals surface area contributed by atoms with E-state index in [1.54, 1.807) is 56.3 Å². The number of benzene rings is 2. The first-order chi connectivity index (χ1) is 20.3. The van der Waals surface area contributed by atoms with Gasteiger partial charge < -0.3 is 28.4 Å². The zero-order valence-electron chi connectivity index (χ0n) is 24.5. The van der Waals surface area contributed by atoms with Crippen LogP contribution in [-0.4, -0.2) is 51.7 Å². The number of carbonyl (C=O) groups is 1. The van der Waals surface area contributed by atoms with Crippen molar-refractivity contribution in [2.24, 2.45) is 4.99 Å². The van der Waals surface area contributed by atoms with Gasteiger partial charge in [0.2, 0.25) is 5.75 Å². The Labute approximate surface area is 247 Å². The summed E-state index contributed by atoms with van der Waals surface area (Å²) < 4.78 is 35.3. The van der Waals surface area contributed by atoms with E-state index in [0.29, 0.717) is 68.1 Å². The van der Waals surface area contributed by atoms with E-state index in [1.165, 1.54) is 37.2 Å². The summed E-state index contributed by atoms with van der Waals surface area (Å²) in [6.45, 7) is 9.89. The quantitative estimate of drug-likeness (QED) is 0.230. The molecule has 0 unspecified atom stereocenters. The average Bonchev–Trinajstić information content (AvgIpc) is 3.29. The molecule has 0 bridgehead atoms. The molecule has 0 amide bonds. The van der Waals surface area contributed by atoms with Crippen LogP contribution in [0, 0.1) is 0 Å². The highest BCUT2D eigenvalue weighted by atomic mass is 32.1. The van der Waals surface area contributed by atoms with E-state index in [2.05, 4.69) is 11.6 Å². The van der Waals surface area contributed by atoms with Gasteiger partial charge in [0.25, 0.3) is 5.56 Å². The highest BCUT2D eigenvalue weighted by Gasteiger charge is 2.34. The van der Waals surface area contributed by atoms with Gasteiger partial charge in [-0.05, 0) is 62.2 Å². The molecule has 0 spiro atoms. The van der Waals surface area contributed by atoms with Crippen LogP contribution in [0.4, 0.5) is 0 Å². The van der Waals surface area contributed by atoms with Crippen molar-refractivity contribution in [3.05, 3.63) is 85.1 Å². The van der Waals surface area contributed by atoms with Crippen LogP contribution >= 0.6 is 11.3 Å². The van der Waals surface area contributed by atoms with Crippen molar-refractivity contribution in [3.8, 4) is 28.7 Å². The van der Waals surface area contributed by atoms with Crippen molar-refractivity contribution >= 4 is 23.4 Å². The van der Waals surface area contributed by atoms with Crippen molar-refractivity contribution in [2.75, 3.05) is 41.2 Å². The fourth-order valence-corrected chi connectivity index (χ4v) is 5.72. The summed E-state index contributed by atoms with van der Waals surface area (Å²) in [5.74, 6) is 1.81. The number of methoxy groups -OCH3 is 3. The molecule has 0 saturated heterocycles. The molecule has 11 heteroatoms. The lowest BCUT2D eigenvalue weighted by Crippen LogP contribution is -2.40. The molecule has 0 radical (unpaired) electrons. The maximum absolute atomic E-state index is 14.0. The lowest BCUT2D eigenvalue weighted by Gasteiger charge is -2.25. The number of carbonyl (C=O) groups excluding carboxylic acids is 1. The van der Waals surface area contributed by atoms with E-state index in [9.17, 15) is 9.59 Å². The molecule has 2 heterocycles. The smallest absolute Gasteiger partial charge is 0.338 e. The lowest BCUT2D eigenvalue weighted by atomic mass is 9.95. The highest BCUT2D eigenvalue weighted by Crippen LogP contribution is 2.39. The molecular weight excluding hydrogens is 560 g/mol. The molecule has 0 N–H and O–H groups in total. The van der Waals surface area contributed by atoms with E-state index in [1.807, 2.05) is 6.92 Å². The number of fused-ring (bicyclic) bond motifs is 1. The van der Waals surface area contributed by atoms with Gasteiger partial charge in [-0.3, -0.25) is 9.36 Å². The zero-order valence-corrected chi connectivity index (χ0v) is 25.3. The predicted molar refractivity (Wildman–Crippen MR) is 160 cm³/mol. The largest absolute Gasteiger partial charge is 0.493 e. The van der Waals surface area contributed by atoms with Crippen LogP contribution in [0.15, 0.2) is 64.0 Å². The number of nitrogens with zero attached hydrogens (tertiary/aromatic N) is 2. The Bertz CT molecular complexity index is 1680. The molecule has 1 atom stereocenters. The van der Waals surface area contributed by atoms with Gasteiger partial charge in [0, 0.05) is 0 Å². The molecule has 1 aromatic heterocycles. The minimum absolute atomic E-state index is 0.173. The Morgan fingerprint density at radius 2 is 1.71 bits per heavy atom. The Hall–Kier alpha value is -4.51. The molecule has 0 saturated carbocycles. The molecule has 222 valence electrons. The topological polar surface area (TPSA) is 107 Å². The van der Waals surface area contributed by atoms with Crippen molar-refractivity contribution in [1.29, 1.82) is 0 Å². The van der Waals surface area contributed by atoms with Crippen LogP contribution in [0.25, 0.3) is 6.08 Å². The minimum Gasteiger partial charge on any atom is -0.493 e. The number of allylic oxidation sites excluding steroid dienone is 1. The van der Waals surface area contributed by atoms with Gasteiger partial charge >= 0.3 is 5.97 Å². The molecule has 10 nitrogen and oxygen atoms in total. The third-order valence-electron chi connectivity index (χ3n) is 6.44. The maximum Gasteiger partial charge on any atom is 0.338 e. The number of aromatic nitrogens is 1. The van der Waals surface area contributed by atoms with Crippen LogP contribution in [-0.2, 0) is 9.53 Å². The van der Waals surface area contributed by atoms with Gasteiger partial charge in [-0.2, -0.15) is 0 Å². The van der Waals surface area contributed by atoms with Crippen LogP contribution in [0.5, 0.6) is 28.7 Å². The highest BCUT2D eigenvalue weighted by molar-refractivity contribution is 7.07. The predicted octanol–water partition coefficient (Wildman–Crippen LogP) is 3.79. The summed E-state index contributed by atoms with van der Waals surface area (Å²) >= 11 is 1.21. The normalized spacial score (nSPS) is 14.5. The SMILES string of the molecule is C=CCOc1ccc([C@@H]2C(C(=O)OCC)=C(C)N=c3sc(=Cc4cc(OC)c(OC)c(OC)c4)c(=O)n32)cc1OCC. The second kappa shape index (κ2) is 13.4. The second-order valence-electron chi connectivity index (χ2n) is 9.00. The molecule has 2 aromatic carbocycles. The van der Waals surface area contributed by atoms with Crippen LogP contribution < -0.4 is 38.6 Å². The molecule has 1 aliphatic rings. The van der Waals surface area contributed by atoms with Gasteiger partial charge in [0.15, 0.2) is 27.8 Å². The van der Waals surface area contributed by atoms with Gasteiger partial charge in [-0.25, -0.2) is 9.79 Å². The number of thiazole rings is 1. The summed E-state index contributed by atoms with van der Waals surface area (Å²) in [5.41, 5.74) is 1.71. The average molecular weight is 595 g/mol. The first-order valence-electron chi connectivity index (χ1n) is 13.3. The first-order valence-corrected chi connectivity index (χ1v) is 14.1. The third-order valence-corrected chi connectivity index (χ3v) is 7.42. The standard InChI is InChI=1S/C31H34N2O8S/c1-8-13-41-21-12-11-20(17-22(21)39-9-2)27-26(30(35)40-10-3)18(4)32-31-33(27)29(34)25(42-31)16-19-14-23(36-5)28(38-7)24(15-19)37-6/h8,11-12,14-17,27H,1,9-10,13H2,2-7H3/t27-/m1/s1. The Balaban J connectivity index is 1.95. The van der Waals surface area contributed by atoms with Crippen LogP contribution in [0.2, 0.25) is 0 Å². The molecule has 42 heavy (non-hydrogen) atoms. The summed E-state index contributed by atoms with van der Waals surface area (Å²) in [5, 5.41) is 0. The Morgan fingerprint density at radius 1 is 1.00 bits per heavy atom. The number of esters is 1. The fraction of sp³-hybridized carbons (Fsp3) is 0.323. The van der Waals surface area contributed by atoms with Gasteiger partial charge in [-0.15, -0.1) is 0 Å². The molecule has 4 rings (SSSR count). The Kier molecular flexibility index (Phi) is 9.74. The second-order valence-corrected chi connectivity index (χ2v) is 10.0. The van der Waals surface area contributed by atoms with E-state index in [-0.39, 0.29) is 17.7 Å². The summed E-state index contributed by atoms with van der Waals surface area (Å²) in [4.78, 5) is 32.4. The van der Waals surface area contributed by atoms with E-state index in [0.717, 1.165) is 0 Å². The number of hydrogen-bond donors (Lipinski definition) is 0. The van der Waals surface area contributed by atoms with Gasteiger partial charge in [0.1, 0.15) is 6.61 Å². The fourth-order valence-electron chi connectivity index (χ4n) is 4.67. The number of rotatable bonds is 12. The van der Waals surface area contributed by atoms with Crippen molar-refractivity contribution in [2.45, 2.75) is 26.8 Å². The molecule has 3 aromatic rings.